The van der Waals surface area contributed by atoms with Gasteiger partial charge in [-0.2, -0.15) is 0 Å². The number of urea groups is 1. The van der Waals surface area contributed by atoms with Crippen LogP contribution in [-0.2, 0) is 20.8 Å². The molecule has 3 rings (SSSR count). The van der Waals surface area contributed by atoms with Gasteiger partial charge in [0, 0.05) is 63.7 Å². The number of aromatic nitrogens is 1. The summed E-state index contributed by atoms with van der Waals surface area (Å²) in [6.45, 7) is 5.72. The van der Waals surface area contributed by atoms with Gasteiger partial charge in [-0.15, -0.1) is 0 Å². The average Bonchev–Trinajstić information content (AvgIpc) is 3.15. The summed E-state index contributed by atoms with van der Waals surface area (Å²) in [6, 6.07) is 13.4. The molecule has 3 N–H and O–H groups in total. The predicted molar refractivity (Wildman–Crippen MR) is 139 cm³/mol. The molecule has 0 saturated heterocycles. The van der Waals surface area contributed by atoms with E-state index in [1.165, 1.54) is 0 Å². The number of carbonyl (C=O) groups is 1. The predicted octanol–water partition coefficient (Wildman–Crippen LogP) is 4.06. The lowest BCUT2D eigenvalue weighted by molar-refractivity contribution is 0.127. The summed E-state index contributed by atoms with van der Waals surface area (Å²) in [5.41, 5.74) is 10.9. The molecule has 9 heteroatoms. The van der Waals surface area contributed by atoms with Crippen LogP contribution in [0.5, 0.6) is 5.75 Å². The van der Waals surface area contributed by atoms with Crippen molar-refractivity contribution in [3.63, 3.8) is 0 Å². The molecule has 1 heterocycles. The lowest BCUT2D eigenvalue weighted by Crippen LogP contribution is -2.39. The lowest BCUT2D eigenvalue weighted by Gasteiger charge is -2.22. The first-order chi connectivity index (χ1) is 17.0. The minimum Gasteiger partial charge on any atom is -0.491 e. The highest BCUT2D eigenvalue weighted by atomic mass is 16.5. The Morgan fingerprint density at radius 2 is 1.60 bits per heavy atom. The van der Waals surface area contributed by atoms with Crippen LogP contribution in [-0.4, -0.2) is 76.3 Å². The molecule has 0 radical (unpaired) electrons. The molecule has 0 spiro atoms. The van der Waals surface area contributed by atoms with Gasteiger partial charge < -0.3 is 39.5 Å². The van der Waals surface area contributed by atoms with E-state index in [1.807, 2.05) is 42.5 Å². The highest BCUT2D eigenvalue weighted by Gasteiger charge is 2.17. The number of hydrogen-bond acceptors (Lipinski definition) is 6. The number of amides is 2. The standard InChI is InChI=1S/C26H36N4O5/c1-5-30-23-18-21(35-17-16-34-4)10-11-22(23)24(27)25(30)19-6-8-20(9-7-19)28-26(31)29(12-14-32-2)13-15-33-3/h6-11,18H,5,12-17,27H2,1-4H3,(H,28,31). The number of ether oxygens (including phenoxy) is 4. The Kier molecular flexibility index (Phi) is 9.77. The zero-order valence-electron chi connectivity index (χ0n) is 21.0. The second kappa shape index (κ2) is 13.0. The number of nitrogen functional groups attached to an aromatic ring is 1. The minimum absolute atomic E-state index is 0.199. The Bertz CT molecular complexity index is 1090. The normalized spacial score (nSPS) is 11.1. The maximum Gasteiger partial charge on any atom is 0.321 e. The SMILES string of the molecule is CCn1c(-c2ccc(NC(=O)N(CCOC)CCOC)cc2)c(N)c2ccc(OCCOC)cc21. The Labute approximate surface area is 206 Å². The van der Waals surface area contributed by atoms with Crippen LogP contribution < -0.4 is 15.8 Å². The van der Waals surface area contributed by atoms with E-state index in [0.717, 1.165) is 34.5 Å². The molecule has 2 amide bonds. The molecule has 0 atom stereocenters. The van der Waals surface area contributed by atoms with Gasteiger partial charge in [0.05, 0.1) is 36.7 Å². The zero-order chi connectivity index (χ0) is 25.2. The molecular formula is C26H36N4O5. The third-order valence-electron chi connectivity index (χ3n) is 5.78. The maximum atomic E-state index is 12.7. The van der Waals surface area contributed by atoms with Gasteiger partial charge in [-0.3, -0.25) is 0 Å². The molecule has 0 aliphatic heterocycles. The van der Waals surface area contributed by atoms with Crippen molar-refractivity contribution < 1.29 is 23.7 Å². The molecule has 0 saturated carbocycles. The Hall–Kier alpha value is -3.27. The topological polar surface area (TPSA) is 100 Å². The van der Waals surface area contributed by atoms with Crippen molar-refractivity contribution in [2.75, 3.05) is 71.9 Å². The van der Waals surface area contributed by atoms with E-state index in [9.17, 15) is 4.79 Å². The Morgan fingerprint density at radius 3 is 2.20 bits per heavy atom. The van der Waals surface area contributed by atoms with Crippen LogP contribution in [0.3, 0.4) is 0 Å². The van der Waals surface area contributed by atoms with Gasteiger partial charge in [0.1, 0.15) is 12.4 Å². The number of methoxy groups -OCH3 is 3. The number of nitrogens with one attached hydrogen (secondary N) is 1. The van der Waals surface area contributed by atoms with Crippen molar-refractivity contribution in [2.24, 2.45) is 0 Å². The van der Waals surface area contributed by atoms with Gasteiger partial charge in [0.2, 0.25) is 0 Å². The molecule has 9 nitrogen and oxygen atoms in total. The van der Waals surface area contributed by atoms with E-state index in [0.29, 0.717) is 50.9 Å². The molecule has 0 aliphatic rings. The van der Waals surface area contributed by atoms with E-state index in [-0.39, 0.29) is 6.03 Å². The summed E-state index contributed by atoms with van der Waals surface area (Å²) in [4.78, 5) is 14.4. The summed E-state index contributed by atoms with van der Waals surface area (Å²) in [7, 11) is 4.88. The third kappa shape index (κ3) is 6.45. The second-order valence-electron chi connectivity index (χ2n) is 8.01. The third-order valence-corrected chi connectivity index (χ3v) is 5.78. The fourth-order valence-corrected chi connectivity index (χ4v) is 3.96. The smallest absolute Gasteiger partial charge is 0.321 e. The van der Waals surface area contributed by atoms with Gasteiger partial charge in [-0.25, -0.2) is 4.79 Å². The summed E-state index contributed by atoms with van der Waals surface area (Å²) in [6.07, 6.45) is 0. The van der Waals surface area contributed by atoms with Crippen LogP contribution in [0.4, 0.5) is 16.2 Å². The number of aryl methyl sites for hydroxylation is 1. The van der Waals surface area contributed by atoms with Crippen LogP contribution >= 0.6 is 0 Å². The first kappa shape index (κ1) is 26.3. The molecule has 3 aromatic rings. The molecule has 190 valence electrons. The fourth-order valence-electron chi connectivity index (χ4n) is 3.96. The molecule has 35 heavy (non-hydrogen) atoms. The fraction of sp³-hybridized carbons (Fsp3) is 0.423. The van der Waals surface area contributed by atoms with E-state index in [4.69, 9.17) is 24.7 Å². The Balaban J connectivity index is 1.82. The maximum absolute atomic E-state index is 12.7. The number of nitrogens with two attached hydrogens (primary N) is 1. The number of fused-ring (bicyclic) bond motifs is 1. The van der Waals surface area contributed by atoms with E-state index in [1.54, 1.807) is 26.2 Å². The van der Waals surface area contributed by atoms with Gasteiger partial charge in [0.15, 0.2) is 0 Å². The summed E-state index contributed by atoms with van der Waals surface area (Å²) in [5, 5.41) is 3.93. The van der Waals surface area contributed by atoms with E-state index in [2.05, 4.69) is 16.8 Å². The van der Waals surface area contributed by atoms with Crippen LogP contribution in [0.15, 0.2) is 42.5 Å². The van der Waals surface area contributed by atoms with Crippen molar-refractivity contribution in [2.45, 2.75) is 13.5 Å². The van der Waals surface area contributed by atoms with Crippen LogP contribution in [0.2, 0.25) is 0 Å². The molecule has 0 bridgehead atoms. The van der Waals surface area contributed by atoms with E-state index >= 15 is 0 Å². The number of rotatable bonds is 13. The van der Waals surface area contributed by atoms with Crippen molar-refractivity contribution in [3.8, 4) is 17.0 Å². The largest absolute Gasteiger partial charge is 0.491 e. The van der Waals surface area contributed by atoms with Gasteiger partial charge in [-0.05, 0) is 31.2 Å². The van der Waals surface area contributed by atoms with Gasteiger partial charge >= 0.3 is 6.03 Å². The molecule has 0 aliphatic carbocycles. The quantitative estimate of drug-likeness (QED) is 0.355. The number of benzene rings is 2. The minimum atomic E-state index is -0.199. The lowest BCUT2D eigenvalue weighted by atomic mass is 10.1. The highest BCUT2D eigenvalue weighted by Crippen LogP contribution is 2.38. The van der Waals surface area contributed by atoms with Crippen LogP contribution in [0.25, 0.3) is 22.2 Å². The monoisotopic (exact) mass is 484 g/mol. The van der Waals surface area contributed by atoms with Crippen molar-refractivity contribution in [1.29, 1.82) is 0 Å². The summed E-state index contributed by atoms with van der Waals surface area (Å²) in [5.74, 6) is 0.776. The molecule has 0 unspecified atom stereocenters. The Morgan fingerprint density at radius 1 is 0.943 bits per heavy atom. The van der Waals surface area contributed by atoms with Crippen molar-refractivity contribution in [1.82, 2.24) is 9.47 Å². The number of nitrogens with zero attached hydrogens (tertiary/aromatic N) is 2. The van der Waals surface area contributed by atoms with Crippen LogP contribution in [0.1, 0.15) is 6.92 Å². The number of carbonyl (C=O) groups excluding carboxylic acids is 1. The number of hydrogen-bond donors (Lipinski definition) is 2. The second-order valence-corrected chi connectivity index (χ2v) is 8.01. The van der Waals surface area contributed by atoms with Crippen molar-refractivity contribution in [3.05, 3.63) is 42.5 Å². The molecule has 2 aromatic carbocycles. The van der Waals surface area contributed by atoms with Gasteiger partial charge in [-0.1, -0.05) is 12.1 Å². The molecular weight excluding hydrogens is 448 g/mol. The van der Waals surface area contributed by atoms with Crippen molar-refractivity contribution >= 4 is 28.3 Å². The zero-order valence-corrected chi connectivity index (χ0v) is 21.0. The summed E-state index contributed by atoms with van der Waals surface area (Å²) >= 11 is 0. The number of anilines is 2. The molecule has 0 fully saturated rings. The van der Waals surface area contributed by atoms with E-state index < -0.39 is 0 Å². The highest BCUT2D eigenvalue weighted by molar-refractivity contribution is 6.01. The van der Waals surface area contributed by atoms with Crippen LogP contribution in [0, 0.1) is 0 Å². The molecule has 1 aromatic heterocycles. The van der Waals surface area contributed by atoms with Gasteiger partial charge in [0.25, 0.3) is 0 Å². The summed E-state index contributed by atoms with van der Waals surface area (Å²) < 4.78 is 23.3. The first-order valence-corrected chi connectivity index (χ1v) is 11.7. The first-order valence-electron chi connectivity index (χ1n) is 11.7. The average molecular weight is 485 g/mol.